The summed E-state index contributed by atoms with van der Waals surface area (Å²) in [6, 6.07) is 4.71. The first kappa shape index (κ1) is 14.0. The first-order valence-corrected chi connectivity index (χ1v) is 6.90. The molecular weight excluding hydrogens is 243 g/mol. The van der Waals surface area contributed by atoms with Gasteiger partial charge < -0.3 is 10.6 Å². The molecule has 19 heavy (non-hydrogen) atoms. The van der Waals surface area contributed by atoms with Crippen LogP contribution in [-0.2, 0) is 0 Å². The Morgan fingerprint density at radius 1 is 1.42 bits per heavy atom. The minimum Gasteiger partial charge on any atom is -0.336 e. The lowest BCUT2D eigenvalue weighted by molar-refractivity contribution is 0.0604. The largest absolute Gasteiger partial charge is 0.336 e. The van der Waals surface area contributed by atoms with Gasteiger partial charge in [0.15, 0.2) is 0 Å². The summed E-state index contributed by atoms with van der Waals surface area (Å²) in [5.41, 5.74) is 6.83. The van der Waals surface area contributed by atoms with E-state index in [9.17, 15) is 9.18 Å². The van der Waals surface area contributed by atoms with Crippen LogP contribution in [0.4, 0.5) is 4.39 Å². The fraction of sp³-hybridized carbons (Fsp3) is 0.533. The van der Waals surface area contributed by atoms with E-state index in [1.165, 1.54) is 12.1 Å². The highest BCUT2D eigenvalue weighted by atomic mass is 19.1. The molecule has 1 aliphatic heterocycles. The van der Waals surface area contributed by atoms with E-state index in [-0.39, 0.29) is 17.8 Å². The molecule has 2 rings (SSSR count). The smallest absolute Gasteiger partial charge is 0.254 e. The van der Waals surface area contributed by atoms with Gasteiger partial charge in [-0.15, -0.1) is 0 Å². The number of amides is 1. The van der Waals surface area contributed by atoms with Crippen molar-refractivity contribution in [2.24, 2.45) is 5.73 Å². The van der Waals surface area contributed by atoms with Gasteiger partial charge >= 0.3 is 0 Å². The zero-order chi connectivity index (χ0) is 13.8. The summed E-state index contributed by atoms with van der Waals surface area (Å²) in [5.74, 6) is -0.420. The zero-order valence-corrected chi connectivity index (χ0v) is 11.4. The Hall–Kier alpha value is -1.42. The molecule has 0 spiro atoms. The van der Waals surface area contributed by atoms with Crippen molar-refractivity contribution in [3.05, 3.63) is 35.1 Å². The number of aryl methyl sites for hydroxylation is 1. The van der Waals surface area contributed by atoms with Crippen molar-refractivity contribution in [1.29, 1.82) is 0 Å². The average Bonchev–Trinajstić information content (AvgIpc) is 2.38. The second kappa shape index (κ2) is 6.15. The van der Waals surface area contributed by atoms with Crippen LogP contribution in [0.1, 0.15) is 41.6 Å². The number of hydrogen-bond acceptors (Lipinski definition) is 2. The van der Waals surface area contributed by atoms with Crippen molar-refractivity contribution in [1.82, 2.24) is 4.90 Å². The van der Waals surface area contributed by atoms with E-state index in [0.29, 0.717) is 12.1 Å². The summed E-state index contributed by atoms with van der Waals surface area (Å²) in [6.45, 7) is 3.13. The maximum Gasteiger partial charge on any atom is 0.254 e. The van der Waals surface area contributed by atoms with Gasteiger partial charge in [-0.25, -0.2) is 4.39 Å². The molecule has 1 amide bonds. The lowest BCUT2D eigenvalue weighted by Gasteiger charge is -2.35. The molecule has 1 saturated heterocycles. The summed E-state index contributed by atoms with van der Waals surface area (Å²) in [7, 11) is 0. The van der Waals surface area contributed by atoms with Crippen molar-refractivity contribution >= 4 is 5.91 Å². The SMILES string of the molecule is Cc1cc(F)cc(C(=O)N2CCCCC2CCN)c1. The second-order valence-corrected chi connectivity index (χ2v) is 5.24. The Bertz CT molecular complexity index is 439. The molecule has 1 aromatic carbocycles. The number of halogens is 1. The van der Waals surface area contributed by atoms with Crippen LogP contribution < -0.4 is 5.73 Å². The van der Waals surface area contributed by atoms with E-state index >= 15 is 0 Å². The van der Waals surface area contributed by atoms with Crippen LogP contribution in [0, 0.1) is 12.7 Å². The highest BCUT2D eigenvalue weighted by Crippen LogP contribution is 2.22. The van der Waals surface area contributed by atoms with Crippen LogP contribution in [0.3, 0.4) is 0 Å². The molecule has 1 fully saturated rings. The predicted molar refractivity (Wildman–Crippen MR) is 73.5 cm³/mol. The molecule has 1 unspecified atom stereocenters. The van der Waals surface area contributed by atoms with Crippen LogP contribution in [-0.4, -0.2) is 29.9 Å². The standard InChI is InChI=1S/C15H21FN2O/c1-11-8-12(10-13(16)9-11)15(19)18-7-3-2-4-14(18)5-6-17/h8-10,14H,2-7,17H2,1H3. The van der Waals surface area contributed by atoms with Crippen molar-refractivity contribution in [2.45, 2.75) is 38.6 Å². The van der Waals surface area contributed by atoms with E-state index in [4.69, 9.17) is 5.73 Å². The summed E-state index contributed by atoms with van der Waals surface area (Å²) in [5, 5.41) is 0. The molecule has 104 valence electrons. The predicted octanol–water partition coefficient (Wildman–Crippen LogP) is 2.48. The third-order valence-electron chi connectivity index (χ3n) is 3.68. The van der Waals surface area contributed by atoms with Crippen LogP contribution >= 0.6 is 0 Å². The molecule has 4 heteroatoms. The Morgan fingerprint density at radius 2 is 2.21 bits per heavy atom. The highest BCUT2D eigenvalue weighted by molar-refractivity contribution is 5.94. The number of carbonyl (C=O) groups is 1. The monoisotopic (exact) mass is 264 g/mol. The van der Waals surface area contributed by atoms with Crippen LogP contribution in [0.25, 0.3) is 0 Å². The topological polar surface area (TPSA) is 46.3 Å². The van der Waals surface area contributed by atoms with Crippen molar-refractivity contribution in [3.8, 4) is 0 Å². The molecular formula is C15H21FN2O. The first-order valence-electron chi connectivity index (χ1n) is 6.90. The normalized spacial score (nSPS) is 19.5. The van der Waals surface area contributed by atoms with Crippen molar-refractivity contribution in [2.75, 3.05) is 13.1 Å². The van der Waals surface area contributed by atoms with E-state index in [0.717, 1.165) is 37.8 Å². The molecule has 3 nitrogen and oxygen atoms in total. The quantitative estimate of drug-likeness (QED) is 0.911. The lowest BCUT2D eigenvalue weighted by atomic mass is 9.98. The number of hydrogen-bond donors (Lipinski definition) is 1. The van der Waals surface area contributed by atoms with Gasteiger partial charge in [-0.1, -0.05) is 0 Å². The number of likely N-dealkylation sites (tertiary alicyclic amines) is 1. The van der Waals surface area contributed by atoms with Crippen molar-refractivity contribution < 1.29 is 9.18 Å². The Morgan fingerprint density at radius 3 is 2.89 bits per heavy atom. The van der Waals surface area contributed by atoms with Gasteiger partial charge in [-0.05, 0) is 62.9 Å². The Balaban J connectivity index is 2.20. The third-order valence-corrected chi connectivity index (χ3v) is 3.68. The number of rotatable bonds is 3. The van der Waals surface area contributed by atoms with E-state index in [2.05, 4.69) is 0 Å². The average molecular weight is 264 g/mol. The van der Waals surface area contributed by atoms with Gasteiger partial charge in [0.25, 0.3) is 5.91 Å². The van der Waals surface area contributed by atoms with Crippen molar-refractivity contribution in [3.63, 3.8) is 0 Å². The second-order valence-electron chi connectivity index (χ2n) is 5.24. The number of benzene rings is 1. The van der Waals surface area contributed by atoms with Gasteiger partial charge in [0.2, 0.25) is 0 Å². The zero-order valence-electron chi connectivity index (χ0n) is 11.4. The van der Waals surface area contributed by atoms with E-state index in [1.54, 1.807) is 13.0 Å². The lowest BCUT2D eigenvalue weighted by Crippen LogP contribution is -2.44. The van der Waals surface area contributed by atoms with Gasteiger partial charge in [-0.2, -0.15) is 0 Å². The molecule has 0 aromatic heterocycles. The van der Waals surface area contributed by atoms with E-state index < -0.39 is 0 Å². The van der Waals surface area contributed by atoms with Gasteiger partial charge in [0.05, 0.1) is 0 Å². The fourth-order valence-corrected chi connectivity index (χ4v) is 2.79. The molecule has 1 aliphatic rings. The number of piperidine rings is 1. The molecule has 1 heterocycles. The molecule has 1 aromatic rings. The van der Waals surface area contributed by atoms with Gasteiger partial charge in [0.1, 0.15) is 5.82 Å². The molecule has 0 bridgehead atoms. The molecule has 0 radical (unpaired) electrons. The summed E-state index contributed by atoms with van der Waals surface area (Å²) >= 11 is 0. The Kier molecular flexibility index (Phi) is 4.53. The number of carbonyl (C=O) groups excluding carboxylic acids is 1. The first-order chi connectivity index (χ1) is 9.11. The molecule has 0 saturated carbocycles. The molecule has 1 atom stereocenters. The number of nitrogens with two attached hydrogens (primary N) is 1. The third kappa shape index (κ3) is 3.32. The highest BCUT2D eigenvalue weighted by Gasteiger charge is 2.27. The fourth-order valence-electron chi connectivity index (χ4n) is 2.79. The van der Waals surface area contributed by atoms with Crippen LogP contribution in [0.5, 0.6) is 0 Å². The van der Waals surface area contributed by atoms with Gasteiger partial charge in [-0.3, -0.25) is 4.79 Å². The van der Waals surface area contributed by atoms with Crippen LogP contribution in [0.2, 0.25) is 0 Å². The summed E-state index contributed by atoms with van der Waals surface area (Å²) in [6.07, 6.45) is 3.97. The minimum absolute atomic E-state index is 0.0687. The minimum atomic E-state index is -0.351. The maximum atomic E-state index is 13.4. The van der Waals surface area contributed by atoms with Gasteiger partial charge in [0, 0.05) is 18.2 Å². The maximum absolute atomic E-state index is 13.4. The molecule has 0 aliphatic carbocycles. The number of nitrogens with zero attached hydrogens (tertiary/aromatic N) is 1. The molecule has 2 N–H and O–H groups in total. The summed E-state index contributed by atoms with van der Waals surface area (Å²) in [4.78, 5) is 14.4. The Labute approximate surface area is 113 Å². The summed E-state index contributed by atoms with van der Waals surface area (Å²) < 4.78 is 13.4. The van der Waals surface area contributed by atoms with Crippen LogP contribution in [0.15, 0.2) is 18.2 Å². The van der Waals surface area contributed by atoms with E-state index in [1.807, 2.05) is 4.90 Å².